The second-order valence-corrected chi connectivity index (χ2v) is 10.4. The number of aryl methyl sites for hydroxylation is 1. The van der Waals surface area contributed by atoms with Crippen LogP contribution in [0.1, 0.15) is 42.5 Å². The van der Waals surface area contributed by atoms with E-state index in [1.54, 1.807) is 0 Å². The van der Waals surface area contributed by atoms with Crippen molar-refractivity contribution in [1.82, 2.24) is 19.8 Å². The van der Waals surface area contributed by atoms with Crippen LogP contribution in [0.2, 0.25) is 5.02 Å². The molecule has 190 valence electrons. The fourth-order valence-electron chi connectivity index (χ4n) is 5.13. The lowest BCUT2D eigenvalue weighted by Gasteiger charge is -2.35. The van der Waals surface area contributed by atoms with Gasteiger partial charge in [-0.25, -0.2) is 9.97 Å². The van der Waals surface area contributed by atoms with Crippen molar-refractivity contribution in [3.05, 3.63) is 107 Å². The van der Waals surface area contributed by atoms with Crippen molar-refractivity contribution in [3.8, 4) is 11.3 Å². The highest BCUT2D eigenvalue weighted by molar-refractivity contribution is 6.30. The molecule has 1 fully saturated rings. The molecule has 0 amide bonds. The largest absolute Gasteiger partial charge is 0.286 e. The highest BCUT2D eigenvalue weighted by Gasteiger charge is 2.18. The molecule has 0 N–H and O–H groups in total. The highest BCUT2D eigenvalue weighted by Crippen LogP contribution is 2.27. The van der Waals surface area contributed by atoms with E-state index in [1.165, 1.54) is 17.5 Å². The molecular formula is C32H35ClN4. The van der Waals surface area contributed by atoms with Gasteiger partial charge in [0, 0.05) is 36.8 Å². The van der Waals surface area contributed by atoms with E-state index in [2.05, 4.69) is 64.9 Å². The van der Waals surface area contributed by atoms with Crippen molar-refractivity contribution in [3.63, 3.8) is 0 Å². The van der Waals surface area contributed by atoms with Gasteiger partial charge in [-0.05, 0) is 67.5 Å². The fraction of sp³-hybridized carbons (Fsp3) is 0.312. The number of allylic oxidation sites excluding steroid dienone is 1. The minimum atomic E-state index is 0.731. The number of halogens is 1. The highest BCUT2D eigenvalue weighted by atomic mass is 35.5. The molecule has 0 radical (unpaired) electrons. The summed E-state index contributed by atoms with van der Waals surface area (Å²) >= 11 is 6.15. The van der Waals surface area contributed by atoms with Gasteiger partial charge >= 0.3 is 0 Å². The van der Waals surface area contributed by atoms with E-state index in [-0.39, 0.29) is 0 Å². The lowest BCUT2D eigenvalue weighted by atomic mass is 10.0. The third-order valence-corrected chi connectivity index (χ3v) is 7.25. The predicted molar refractivity (Wildman–Crippen MR) is 154 cm³/mol. The molecule has 1 saturated heterocycles. The van der Waals surface area contributed by atoms with Gasteiger partial charge in [-0.1, -0.05) is 66.2 Å². The molecule has 0 unspecified atom stereocenters. The molecule has 4 nitrogen and oxygen atoms in total. The van der Waals surface area contributed by atoms with Crippen molar-refractivity contribution < 1.29 is 0 Å². The Kier molecular flexibility index (Phi) is 8.62. The Labute approximate surface area is 225 Å². The molecule has 0 spiro atoms. The molecule has 0 aliphatic carbocycles. The third kappa shape index (κ3) is 6.84. The van der Waals surface area contributed by atoms with Crippen LogP contribution >= 0.6 is 11.6 Å². The number of hydrogen-bond donors (Lipinski definition) is 0. The van der Waals surface area contributed by atoms with Crippen molar-refractivity contribution in [2.75, 3.05) is 19.8 Å². The number of aromatic nitrogens is 2. The molecular weight excluding hydrogens is 476 g/mol. The van der Waals surface area contributed by atoms with Crippen molar-refractivity contribution in [1.29, 1.82) is 0 Å². The van der Waals surface area contributed by atoms with Crippen LogP contribution in [0.5, 0.6) is 0 Å². The van der Waals surface area contributed by atoms with Gasteiger partial charge in [-0.2, -0.15) is 0 Å². The van der Waals surface area contributed by atoms with Crippen molar-refractivity contribution in [2.24, 2.45) is 0 Å². The van der Waals surface area contributed by atoms with E-state index in [0.717, 1.165) is 91.5 Å². The fourth-order valence-corrected chi connectivity index (χ4v) is 5.26. The maximum absolute atomic E-state index is 6.15. The summed E-state index contributed by atoms with van der Waals surface area (Å²) in [5, 5.41) is 0.731. The van der Waals surface area contributed by atoms with E-state index in [9.17, 15) is 0 Å². The molecule has 0 bridgehead atoms. The Morgan fingerprint density at radius 2 is 1.57 bits per heavy atom. The number of benzene rings is 3. The van der Waals surface area contributed by atoms with E-state index >= 15 is 0 Å². The number of fused-ring (bicyclic) bond motifs is 1. The molecule has 4 aromatic rings. The summed E-state index contributed by atoms with van der Waals surface area (Å²) in [6.45, 7) is 9.05. The molecule has 2 heterocycles. The van der Waals surface area contributed by atoms with E-state index in [1.807, 2.05) is 30.3 Å². The average Bonchev–Trinajstić information content (AvgIpc) is 2.92. The van der Waals surface area contributed by atoms with Crippen LogP contribution in [0.3, 0.4) is 0 Å². The van der Waals surface area contributed by atoms with Crippen LogP contribution in [0.15, 0.2) is 85.5 Å². The summed E-state index contributed by atoms with van der Waals surface area (Å²) < 4.78 is 0. The second kappa shape index (κ2) is 12.5. The second-order valence-electron chi connectivity index (χ2n) is 9.97. The Bertz CT molecular complexity index is 1320. The minimum absolute atomic E-state index is 0.731. The normalized spacial score (nSPS) is 14.7. The Balaban J connectivity index is 1.35. The number of unbranched alkanes of at least 4 members (excludes halogenated alkanes) is 2. The summed E-state index contributed by atoms with van der Waals surface area (Å²) in [5.41, 5.74) is 7.67. The number of hydrogen-bond acceptors (Lipinski definition) is 4. The topological polar surface area (TPSA) is 32.3 Å². The van der Waals surface area contributed by atoms with Crippen LogP contribution in [0.4, 0.5) is 0 Å². The van der Waals surface area contributed by atoms with Crippen molar-refractivity contribution >= 4 is 22.6 Å². The van der Waals surface area contributed by atoms with Gasteiger partial charge in [-0.15, -0.1) is 6.58 Å². The Morgan fingerprint density at radius 1 is 0.811 bits per heavy atom. The van der Waals surface area contributed by atoms with Crippen LogP contribution in [0.25, 0.3) is 22.3 Å². The zero-order chi connectivity index (χ0) is 25.5. The molecule has 1 aromatic heterocycles. The zero-order valence-corrected chi connectivity index (χ0v) is 22.2. The Morgan fingerprint density at radius 3 is 2.32 bits per heavy atom. The van der Waals surface area contributed by atoms with Gasteiger partial charge < -0.3 is 0 Å². The first-order chi connectivity index (χ1) is 18.2. The van der Waals surface area contributed by atoms with Gasteiger partial charge in [-0.3, -0.25) is 9.80 Å². The molecule has 5 rings (SSSR count). The van der Waals surface area contributed by atoms with E-state index < -0.39 is 0 Å². The first-order valence-electron chi connectivity index (χ1n) is 13.3. The minimum Gasteiger partial charge on any atom is -0.286 e. The van der Waals surface area contributed by atoms with Gasteiger partial charge in [0.1, 0.15) is 0 Å². The zero-order valence-electron chi connectivity index (χ0n) is 21.5. The standard InChI is InChI=1S/C32H35ClN4/c1-2-3-4-8-12-30-32(27-14-16-28(33)17-15-27)35-29-18-13-26(21-31(29)34-30)23-37-20-9-19-36(24-37)22-25-10-6-5-7-11-25/h2,5-7,10-11,13-18,21H,1,3-4,8-9,12,19-20,22-24H2. The average molecular weight is 511 g/mol. The number of rotatable bonds is 10. The molecule has 5 heteroatoms. The molecule has 1 aliphatic rings. The molecule has 0 saturated carbocycles. The summed E-state index contributed by atoms with van der Waals surface area (Å²) in [7, 11) is 0. The summed E-state index contributed by atoms with van der Waals surface area (Å²) in [5.74, 6) is 0. The van der Waals surface area contributed by atoms with Gasteiger partial charge in [0.25, 0.3) is 0 Å². The monoisotopic (exact) mass is 510 g/mol. The lowest BCUT2D eigenvalue weighted by molar-refractivity contribution is 0.0746. The van der Waals surface area contributed by atoms with Crippen LogP contribution in [0, 0.1) is 0 Å². The Hall–Kier alpha value is -3.05. The predicted octanol–water partition coefficient (Wildman–Crippen LogP) is 7.51. The third-order valence-electron chi connectivity index (χ3n) is 6.99. The van der Waals surface area contributed by atoms with Crippen LogP contribution in [-0.2, 0) is 19.5 Å². The maximum Gasteiger partial charge on any atom is 0.0925 e. The quantitative estimate of drug-likeness (QED) is 0.163. The smallest absolute Gasteiger partial charge is 0.0925 e. The summed E-state index contributed by atoms with van der Waals surface area (Å²) in [6, 6.07) is 25.3. The molecule has 1 aliphatic heterocycles. The first-order valence-corrected chi connectivity index (χ1v) is 13.7. The lowest BCUT2D eigenvalue weighted by Crippen LogP contribution is -2.43. The van der Waals surface area contributed by atoms with E-state index in [0.29, 0.717) is 0 Å². The van der Waals surface area contributed by atoms with Crippen LogP contribution < -0.4 is 0 Å². The van der Waals surface area contributed by atoms with Gasteiger partial charge in [0.2, 0.25) is 0 Å². The number of nitrogens with zero attached hydrogens (tertiary/aromatic N) is 4. The summed E-state index contributed by atoms with van der Waals surface area (Å²) in [6.07, 6.45) is 7.28. The van der Waals surface area contributed by atoms with Gasteiger partial charge in [0.05, 0.1) is 29.1 Å². The molecule has 37 heavy (non-hydrogen) atoms. The first kappa shape index (κ1) is 25.6. The summed E-state index contributed by atoms with van der Waals surface area (Å²) in [4.78, 5) is 15.3. The molecule has 0 atom stereocenters. The van der Waals surface area contributed by atoms with Gasteiger partial charge in [0.15, 0.2) is 0 Å². The SMILES string of the molecule is C=CCCCCc1nc2cc(CN3CCCN(Cc4ccccc4)C3)ccc2nc1-c1ccc(Cl)cc1. The van der Waals surface area contributed by atoms with E-state index in [4.69, 9.17) is 21.6 Å². The molecule has 3 aromatic carbocycles. The van der Waals surface area contributed by atoms with Crippen LogP contribution in [-0.4, -0.2) is 39.5 Å². The maximum atomic E-state index is 6.15. The van der Waals surface area contributed by atoms with Crippen molar-refractivity contribution in [2.45, 2.75) is 45.2 Å².